The zero-order valence-corrected chi connectivity index (χ0v) is 14.0. The van der Waals surface area contributed by atoms with Crippen LogP contribution >= 0.6 is 12.4 Å². The SMILES string of the molecule is Cl.Cn1nc(C2CCNCC2)nc1NC(=O)Cc1ccccc1. The normalized spacial score (nSPS) is 15.0. The smallest absolute Gasteiger partial charge is 0.231 e. The maximum atomic E-state index is 12.1. The molecule has 0 radical (unpaired) electrons. The molecule has 1 amide bonds. The summed E-state index contributed by atoms with van der Waals surface area (Å²) in [6, 6.07) is 9.68. The molecule has 3 rings (SSSR count). The molecule has 2 N–H and O–H groups in total. The van der Waals surface area contributed by atoms with Crippen LogP contribution < -0.4 is 10.6 Å². The number of amides is 1. The molecule has 0 spiro atoms. The molecule has 1 aliphatic rings. The molecule has 1 aliphatic heterocycles. The molecule has 0 aliphatic carbocycles. The number of carbonyl (C=O) groups excluding carboxylic acids is 1. The zero-order valence-electron chi connectivity index (χ0n) is 13.2. The number of rotatable bonds is 4. The number of carbonyl (C=O) groups is 1. The van der Waals surface area contributed by atoms with Gasteiger partial charge in [-0.2, -0.15) is 10.1 Å². The summed E-state index contributed by atoms with van der Waals surface area (Å²) in [5.41, 5.74) is 0.987. The maximum absolute atomic E-state index is 12.1. The van der Waals surface area contributed by atoms with Gasteiger partial charge < -0.3 is 5.32 Å². The van der Waals surface area contributed by atoms with Gasteiger partial charge in [0, 0.05) is 13.0 Å². The lowest BCUT2D eigenvalue weighted by molar-refractivity contribution is -0.115. The van der Waals surface area contributed by atoms with Crippen LogP contribution in [0.25, 0.3) is 0 Å². The number of hydrogen-bond donors (Lipinski definition) is 2. The summed E-state index contributed by atoms with van der Waals surface area (Å²) in [4.78, 5) is 16.6. The van der Waals surface area contributed by atoms with E-state index in [0.29, 0.717) is 18.3 Å². The van der Waals surface area contributed by atoms with Gasteiger partial charge in [0.2, 0.25) is 11.9 Å². The first-order valence-electron chi connectivity index (χ1n) is 7.68. The largest absolute Gasteiger partial charge is 0.317 e. The third kappa shape index (κ3) is 4.53. The lowest BCUT2D eigenvalue weighted by Crippen LogP contribution is -2.27. The van der Waals surface area contributed by atoms with Crippen LogP contribution in [0.3, 0.4) is 0 Å². The van der Waals surface area contributed by atoms with Crippen molar-refractivity contribution in [1.29, 1.82) is 0 Å². The van der Waals surface area contributed by atoms with Crippen molar-refractivity contribution in [3.8, 4) is 0 Å². The van der Waals surface area contributed by atoms with Gasteiger partial charge >= 0.3 is 0 Å². The number of piperidine rings is 1. The molecule has 2 aromatic rings. The predicted molar refractivity (Wildman–Crippen MR) is 91.9 cm³/mol. The number of anilines is 1. The molecule has 124 valence electrons. The maximum Gasteiger partial charge on any atom is 0.231 e. The third-order valence-electron chi connectivity index (χ3n) is 3.94. The summed E-state index contributed by atoms with van der Waals surface area (Å²) in [6.07, 6.45) is 2.43. The topological polar surface area (TPSA) is 71.8 Å². The molecule has 2 heterocycles. The number of aryl methyl sites for hydroxylation is 1. The Morgan fingerprint density at radius 2 is 2.00 bits per heavy atom. The summed E-state index contributed by atoms with van der Waals surface area (Å²) in [6.45, 7) is 2.00. The highest BCUT2D eigenvalue weighted by molar-refractivity contribution is 5.90. The number of nitrogens with one attached hydrogen (secondary N) is 2. The molecule has 0 saturated carbocycles. The number of benzene rings is 1. The van der Waals surface area contributed by atoms with Gasteiger partial charge in [0.1, 0.15) is 0 Å². The Balaban J connectivity index is 0.00000192. The van der Waals surface area contributed by atoms with Crippen LogP contribution in [-0.4, -0.2) is 33.8 Å². The molecule has 1 aromatic carbocycles. The fourth-order valence-electron chi connectivity index (χ4n) is 2.72. The molecule has 0 bridgehead atoms. The van der Waals surface area contributed by atoms with Gasteiger partial charge in [0.15, 0.2) is 5.82 Å². The molecule has 1 saturated heterocycles. The first-order chi connectivity index (χ1) is 10.7. The van der Waals surface area contributed by atoms with E-state index < -0.39 is 0 Å². The van der Waals surface area contributed by atoms with Gasteiger partial charge in [-0.05, 0) is 31.5 Å². The van der Waals surface area contributed by atoms with E-state index in [4.69, 9.17) is 0 Å². The Morgan fingerprint density at radius 3 is 2.70 bits per heavy atom. The fraction of sp³-hybridized carbons (Fsp3) is 0.438. The van der Waals surface area contributed by atoms with Gasteiger partial charge in [0.25, 0.3) is 0 Å². The van der Waals surface area contributed by atoms with Crippen LogP contribution in [0.5, 0.6) is 0 Å². The van der Waals surface area contributed by atoms with Crippen LogP contribution in [0.2, 0.25) is 0 Å². The van der Waals surface area contributed by atoms with Crippen LogP contribution in [-0.2, 0) is 18.3 Å². The van der Waals surface area contributed by atoms with Crippen molar-refractivity contribution < 1.29 is 4.79 Å². The van der Waals surface area contributed by atoms with Crippen molar-refractivity contribution >= 4 is 24.3 Å². The van der Waals surface area contributed by atoms with E-state index in [1.807, 2.05) is 37.4 Å². The molecular formula is C16H22ClN5O. The van der Waals surface area contributed by atoms with E-state index >= 15 is 0 Å². The van der Waals surface area contributed by atoms with Gasteiger partial charge in [-0.3, -0.25) is 10.1 Å². The lowest BCUT2D eigenvalue weighted by Gasteiger charge is -2.19. The first kappa shape index (κ1) is 17.4. The zero-order chi connectivity index (χ0) is 15.4. The molecule has 23 heavy (non-hydrogen) atoms. The molecule has 1 fully saturated rings. The summed E-state index contributed by atoms with van der Waals surface area (Å²) < 4.78 is 1.65. The van der Waals surface area contributed by atoms with Crippen molar-refractivity contribution in [3.05, 3.63) is 41.7 Å². The van der Waals surface area contributed by atoms with E-state index in [1.165, 1.54) is 0 Å². The molecule has 0 unspecified atom stereocenters. The van der Waals surface area contributed by atoms with Crippen molar-refractivity contribution in [1.82, 2.24) is 20.1 Å². The summed E-state index contributed by atoms with van der Waals surface area (Å²) in [5, 5.41) is 10.6. The molecule has 7 heteroatoms. The molecule has 1 aromatic heterocycles. The first-order valence-corrected chi connectivity index (χ1v) is 7.68. The second-order valence-corrected chi connectivity index (χ2v) is 5.65. The van der Waals surface area contributed by atoms with Gasteiger partial charge in [-0.15, -0.1) is 12.4 Å². The average Bonchev–Trinajstić information content (AvgIpc) is 2.90. The van der Waals surface area contributed by atoms with Crippen LogP contribution in [0.1, 0.15) is 30.1 Å². The Hall–Kier alpha value is -1.92. The van der Waals surface area contributed by atoms with Crippen LogP contribution in [0, 0.1) is 0 Å². The van der Waals surface area contributed by atoms with Gasteiger partial charge in [-0.25, -0.2) is 4.68 Å². The Labute approximate surface area is 142 Å². The van der Waals surface area contributed by atoms with Crippen molar-refractivity contribution in [2.45, 2.75) is 25.2 Å². The second kappa shape index (κ2) is 8.08. The van der Waals surface area contributed by atoms with E-state index in [0.717, 1.165) is 37.3 Å². The Bertz CT molecular complexity index is 637. The van der Waals surface area contributed by atoms with E-state index in [9.17, 15) is 4.79 Å². The van der Waals surface area contributed by atoms with E-state index in [2.05, 4.69) is 20.7 Å². The Morgan fingerprint density at radius 1 is 1.30 bits per heavy atom. The number of aromatic nitrogens is 3. The third-order valence-corrected chi connectivity index (χ3v) is 3.94. The van der Waals surface area contributed by atoms with Gasteiger partial charge in [0.05, 0.1) is 6.42 Å². The number of halogens is 1. The van der Waals surface area contributed by atoms with Crippen molar-refractivity contribution in [3.63, 3.8) is 0 Å². The highest BCUT2D eigenvalue weighted by atomic mass is 35.5. The standard InChI is InChI=1S/C16H21N5O.ClH/c1-21-16(18-14(22)11-12-5-3-2-4-6-12)19-15(20-21)13-7-9-17-10-8-13;/h2-6,13,17H,7-11H2,1H3,(H,18,19,20,22);1H. The van der Waals surface area contributed by atoms with Crippen LogP contribution in [0.15, 0.2) is 30.3 Å². The highest BCUT2D eigenvalue weighted by Crippen LogP contribution is 2.23. The summed E-state index contributed by atoms with van der Waals surface area (Å²) in [7, 11) is 1.82. The number of nitrogens with zero attached hydrogens (tertiary/aromatic N) is 3. The highest BCUT2D eigenvalue weighted by Gasteiger charge is 2.21. The second-order valence-electron chi connectivity index (χ2n) is 5.65. The Kier molecular flexibility index (Phi) is 6.12. The van der Waals surface area contributed by atoms with Crippen LogP contribution in [0.4, 0.5) is 5.95 Å². The predicted octanol–water partition coefficient (Wildman–Crippen LogP) is 1.89. The fourth-order valence-corrected chi connectivity index (χ4v) is 2.72. The minimum Gasteiger partial charge on any atom is -0.317 e. The van der Waals surface area contributed by atoms with E-state index in [-0.39, 0.29) is 18.3 Å². The quantitative estimate of drug-likeness (QED) is 0.895. The summed E-state index contributed by atoms with van der Waals surface area (Å²) in [5.74, 6) is 1.67. The molecular weight excluding hydrogens is 314 g/mol. The molecule has 0 atom stereocenters. The monoisotopic (exact) mass is 335 g/mol. The average molecular weight is 336 g/mol. The minimum absolute atomic E-state index is 0. The number of hydrogen-bond acceptors (Lipinski definition) is 4. The van der Waals surface area contributed by atoms with E-state index in [1.54, 1.807) is 4.68 Å². The van der Waals surface area contributed by atoms with Crippen molar-refractivity contribution in [2.75, 3.05) is 18.4 Å². The lowest BCUT2D eigenvalue weighted by atomic mass is 9.98. The van der Waals surface area contributed by atoms with Gasteiger partial charge in [-0.1, -0.05) is 30.3 Å². The molecule has 6 nitrogen and oxygen atoms in total. The minimum atomic E-state index is -0.0708. The van der Waals surface area contributed by atoms with Crippen molar-refractivity contribution in [2.24, 2.45) is 7.05 Å². The summed E-state index contributed by atoms with van der Waals surface area (Å²) >= 11 is 0.